The smallest absolute Gasteiger partial charge is 0.418 e. The number of benzene rings is 1. The van der Waals surface area contributed by atoms with Crippen molar-refractivity contribution in [3.05, 3.63) is 88.5 Å². The second kappa shape index (κ2) is 40.0. The van der Waals surface area contributed by atoms with Gasteiger partial charge in [0.25, 0.3) is 5.91 Å². The fourth-order valence-corrected chi connectivity index (χ4v) is 12.1. The van der Waals surface area contributed by atoms with Gasteiger partial charge in [-0.2, -0.15) is 13.2 Å². The zero-order valence-corrected chi connectivity index (χ0v) is 54.2. The monoisotopic (exact) mass is 1300 g/mol. The minimum absolute atomic E-state index is 0.00510. The number of fused-ring (bicyclic) bond motifs is 1. The van der Waals surface area contributed by atoms with E-state index in [1.165, 1.54) is 6.07 Å². The summed E-state index contributed by atoms with van der Waals surface area (Å²) in [4.78, 5) is 64.5. The van der Waals surface area contributed by atoms with Crippen LogP contribution in [0.2, 0.25) is 0 Å². The van der Waals surface area contributed by atoms with Crippen molar-refractivity contribution in [1.82, 2.24) is 35.7 Å². The van der Waals surface area contributed by atoms with Gasteiger partial charge in [-0.25, -0.2) is 0 Å². The van der Waals surface area contributed by atoms with Crippen LogP contribution in [0.3, 0.4) is 0 Å². The molecule has 7 rings (SSSR count). The number of pyridine rings is 2. The van der Waals surface area contributed by atoms with Crippen LogP contribution < -0.4 is 20.7 Å². The third-order valence-electron chi connectivity index (χ3n) is 17.2. The third-order valence-corrected chi connectivity index (χ3v) is 17.2. The number of alkyl halides is 3. The largest absolute Gasteiger partial charge is 0.494 e. The predicted molar refractivity (Wildman–Crippen MR) is 332 cm³/mol. The van der Waals surface area contributed by atoms with E-state index in [9.17, 15) is 32.3 Å². The summed E-state index contributed by atoms with van der Waals surface area (Å²) in [5, 5.41) is 9.46. The Morgan fingerprint density at radius 3 is 1.95 bits per heavy atom. The summed E-state index contributed by atoms with van der Waals surface area (Å²) in [6.07, 6.45) is 3.27. The summed E-state index contributed by atoms with van der Waals surface area (Å²) < 4.78 is 111. The van der Waals surface area contributed by atoms with E-state index in [4.69, 9.17) is 56.8 Å². The summed E-state index contributed by atoms with van der Waals surface area (Å²) in [6.45, 7) is 13.9. The number of halogens is 3. The maximum Gasteiger partial charge on any atom is 0.418 e. The van der Waals surface area contributed by atoms with Gasteiger partial charge in [0.1, 0.15) is 5.75 Å². The van der Waals surface area contributed by atoms with Gasteiger partial charge in [0.15, 0.2) is 0 Å². The van der Waals surface area contributed by atoms with E-state index < -0.39 is 23.1 Å². The van der Waals surface area contributed by atoms with E-state index in [2.05, 4.69) is 39.8 Å². The maximum atomic E-state index is 14.6. The van der Waals surface area contributed by atoms with E-state index in [-0.39, 0.29) is 98.6 Å². The molecule has 514 valence electrons. The average molecular weight is 1300 g/mol. The van der Waals surface area contributed by atoms with Crippen LogP contribution in [0, 0.1) is 17.3 Å². The summed E-state index contributed by atoms with van der Waals surface area (Å²) in [6, 6.07) is 11.5. The number of hydrogen-bond acceptors (Lipinski definition) is 19. The van der Waals surface area contributed by atoms with E-state index in [0.717, 1.165) is 18.4 Å². The lowest BCUT2D eigenvalue weighted by atomic mass is 9.74. The minimum Gasteiger partial charge on any atom is -0.494 e. The van der Waals surface area contributed by atoms with Crippen LogP contribution in [0.15, 0.2) is 54.9 Å². The molecule has 2 aromatic heterocycles. The summed E-state index contributed by atoms with van der Waals surface area (Å²) in [5.41, 5.74) is 0.931. The van der Waals surface area contributed by atoms with E-state index in [1.807, 2.05) is 6.07 Å². The molecule has 0 bridgehead atoms. The molecular formula is C66H98F3N7O16. The van der Waals surface area contributed by atoms with Gasteiger partial charge in [-0.3, -0.25) is 29.1 Å². The number of amides is 4. The number of methoxy groups -OCH3 is 1. The quantitative estimate of drug-likeness (QED) is 0.0584. The van der Waals surface area contributed by atoms with Crippen molar-refractivity contribution in [3.63, 3.8) is 0 Å². The summed E-state index contributed by atoms with van der Waals surface area (Å²) >= 11 is 0. The van der Waals surface area contributed by atoms with Gasteiger partial charge in [-0.1, -0.05) is 26.0 Å². The molecule has 0 radical (unpaired) electrons. The number of nitrogens with zero attached hydrogens (tertiary/aromatic N) is 4. The highest BCUT2D eigenvalue weighted by Crippen LogP contribution is 2.47. The SMILES string of the molecule is CO[C@@H]1COCC[C@@H]1N[C@@H]1CC[C@@](C(=O)N2CCc3nc(CCCCOc4cccc(C(=O)NCCOCCOCCOCCOCCOCCOCCOCCOCCOCCNC(=O)C5CC(=O)N(C)C5c5cccnc5)c4)c(C(F)(F)F)cc3C2)(C(C)C)C1. The van der Waals surface area contributed by atoms with Crippen LogP contribution in [0.4, 0.5) is 13.2 Å². The van der Waals surface area contributed by atoms with Crippen LogP contribution >= 0.6 is 0 Å². The fraction of sp³-hybridized carbons (Fsp3) is 0.697. The number of ether oxygens (including phenoxy) is 12. The number of hydrogen-bond donors (Lipinski definition) is 3. The van der Waals surface area contributed by atoms with Crippen molar-refractivity contribution >= 4 is 23.6 Å². The molecule has 1 aromatic carbocycles. The van der Waals surface area contributed by atoms with Gasteiger partial charge < -0.3 is 82.6 Å². The lowest BCUT2D eigenvalue weighted by molar-refractivity contribution is -0.146. The van der Waals surface area contributed by atoms with Gasteiger partial charge in [-0.05, 0) is 92.3 Å². The highest BCUT2D eigenvalue weighted by atomic mass is 19.4. The van der Waals surface area contributed by atoms with Crippen molar-refractivity contribution in [2.24, 2.45) is 17.3 Å². The first kappa shape index (κ1) is 73.9. The fourth-order valence-electron chi connectivity index (χ4n) is 12.1. The van der Waals surface area contributed by atoms with Crippen LogP contribution in [0.1, 0.15) is 103 Å². The molecule has 92 heavy (non-hydrogen) atoms. The molecule has 1 saturated carbocycles. The molecule has 0 spiro atoms. The van der Waals surface area contributed by atoms with Gasteiger partial charge in [0.2, 0.25) is 17.7 Å². The minimum atomic E-state index is -4.61. The topological polar surface area (TPSA) is 247 Å². The van der Waals surface area contributed by atoms with Crippen molar-refractivity contribution in [2.75, 3.05) is 173 Å². The molecule has 4 amide bonds. The molecule has 1 aliphatic carbocycles. The van der Waals surface area contributed by atoms with Crippen molar-refractivity contribution < 1.29 is 89.2 Å². The lowest BCUT2D eigenvalue weighted by Gasteiger charge is -2.40. The Balaban J connectivity index is 0.619. The number of aromatic nitrogens is 2. The Morgan fingerprint density at radius 1 is 0.761 bits per heavy atom. The molecule has 6 atom stereocenters. The number of rotatable bonds is 44. The maximum absolute atomic E-state index is 14.6. The first-order valence-corrected chi connectivity index (χ1v) is 32.6. The molecule has 2 saturated heterocycles. The number of carbonyl (C=O) groups is 4. The standard InChI is InChI=1S/C66H98F3N7O16/c1-48(2)65(16-13-52(44-65)73-58-15-22-91-47-59(58)81-4)64(80)76-20-14-56-51(46-76)42-55(66(67,68)69)57(74-56)12-5-6-21-92-53-11-7-9-49(41-53)62(78)71-18-23-82-25-27-84-29-31-86-33-35-88-37-39-90-40-38-89-36-34-87-32-30-85-28-26-83-24-19-72-63(79)54-43-60(77)75(3)61(54)50-10-8-17-70-45-50/h7-11,17,41-42,45,48,52,54,58-59,61,73H,5-6,12-16,18-40,43-44,46-47H2,1-4H3,(H,71,78)(H,72,79)/t52-,54?,58+,59-,61?,65+/m1/s1. The predicted octanol–water partition coefficient (Wildman–Crippen LogP) is 5.59. The van der Waals surface area contributed by atoms with Crippen molar-refractivity contribution in [1.29, 1.82) is 0 Å². The number of nitrogens with one attached hydrogen (secondary N) is 3. The van der Waals surface area contributed by atoms with E-state index >= 15 is 0 Å². The Bertz CT molecular complexity index is 2670. The number of carbonyl (C=O) groups excluding carboxylic acids is 4. The first-order chi connectivity index (χ1) is 44.7. The number of likely N-dealkylation sites (tertiary alicyclic amines) is 1. The highest BCUT2D eigenvalue weighted by Gasteiger charge is 2.50. The molecule has 5 heterocycles. The molecule has 4 aliphatic rings. The Kier molecular flexibility index (Phi) is 32.2. The lowest BCUT2D eigenvalue weighted by Crippen LogP contribution is -2.52. The van der Waals surface area contributed by atoms with Gasteiger partial charge >= 0.3 is 6.18 Å². The van der Waals surface area contributed by atoms with Crippen molar-refractivity contribution in [3.8, 4) is 5.75 Å². The molecule has 2 unspecified atom stereocenters. The Labute approximate surface area is 539 Å². The average Bonchev–Trinajstić information content (AvgIpc) is 1.38. The zero-order valence-electron chi connectivity index (χ0n) is 54.2. The van der Waals surface area contributed by atoms with E-state index in [0.29, 0.717) is 193 Å². The second-order valence-electron chi connectivity index (χ2n) is 23.7. The van der Waals surface area contributed by atoms with Gasteiger partial charge in [-0.15, -0.1) is 0 Å². The molecule has 23 nitrogen and oxygen atoms in total. The van der Waals surface area contributed by atoms with Crippen LogP contribution in [0.25, 0.3) is 0 Å². The number of aryl methyl sites for hydroxylation is 1. The summed E-state index contributed by atoms with van der Waals surface area (Å²) in [5.74, 6) is -0.495. The normalized spacial score (nSPS) is 20.9. The molecule has 3 N–H and O–H groups in total. The van der Waals surface area contributed by atoms with Crippen LogP contribution in [-0.4, -0.2) is 234 Å². The third kappa shape index (κ3) is 23.8. The molecule has 3 aromatic rings. The zero-order chi connectivity index (χ0) is 65.4. The van der Waals surface area contributed by atoms with Crippen LogP contribution in [-0.2, 0) is 92.1 Å². The summed E-state index contributed by atoms with van der Waals surface area (Å²) in [7, 11) is 3.39. The van der Waals surface area contributed by atoms with Gasteiger partial charge in [0.05, 0.1) is 167 Å². The van der Waals surface area contributed by atoms with Crippen LogP contribution in [0.5, 0.6) is 5.75 Å². The number of unbranched alkanes of at least 4 members (excludes halogenated alkanes) is 1. The van der Waals surface area contributed by atoms with E-state index in [1.54, 1.807) is 66.7 Å². The Morgan fingerprint density at radius 2 is 1.37 bits per heavy atom. The molecule has 3 aliphatic heterocycles. The first-order valence-electron chi connectivity index (χ1n) is 32.6. The Hall–Kier alpha value is -5.49. The van der Waals surface area contributed by atoms with Gasteiger partial charge in [0, 0.05) is 95.5 Å². The van der Waals surface area contributed by atoms with Crippen molar-refractivity contribution in [2.45, 2.75) is 109 Å². The molecule has 26 heteroatoms. The molecular weight excluding hydrogens is 1200 g/mol. The second-order valence-corrected chi connectivity index (χ2v) is 23.7. The highest BCUT2D eigenvalue weighted by molar-refractivity contribution is 5.94. The molecule has 3 fully saturated rings.